The van der Waals surface area contributed by atoms with Gasteiger partial charge in [-0.3, -0.25) is 4.98 Å². The molecule has 0 fully saturated rings. The largest absolute Gasteiger partial charge is 0.384 e. The van der Waals surface area contributed by atoms with E-state index in [-0.39, 0.29) is 5.41 Å². The molecule has 1 rings (SSSR count). The SMILES string of the molecule is CC(C)(CCCCl)CNc1ccncc1Br. The molecule has 16 heavy (non-hydrogen) atoms. The number of pyridine rings is 1. The van der Waals surface area contributed by atoms with Crippen LogP contribution in [0.2, 0.25) is 0 Å². The van der Waals surface area contributed by atoms with Crippen LogP contribution < -0.4 is 5.32 Å². The van der Waals surface area contributed by atoms with Gasteiger partial charge < -0.3 is 5.32 Å². The van der Waals surface area contributed by atoms with E-state index in [1.165, 1.54) is 0 Å². The molecule has 1 N–H and O–H groups in total. The average molecular weight is 306 g/mol. The fraction of sp³-hybridized carbons (Fsp3) is 0.583. The van der Waals surface area contributed by atoms with E-state index < -0.39 is 0 Å². The quantitative estimate of drug-likeness (QED) is 0.793. The van der Waals surface area contributed by atoms with Gasteiger partial charge in [-0.25, -0.2) is 0 Å². The molecule has 2 nitrogen and oxygen atoms in total. The molecule has 1 heterocycles. The van der Waals surface area contributed by atoms with Gasteiger partial charge in [0.1, 0.15) is 0 Å². The minimum Gasteiger partial charge on any atom is -0.384 e. The lowest BCUT2D eigenvalue weighted by atomic mass is 9.88. The Bertz CT molecular complexity index is 329. The van der Waals surface area contributed by atoms with Gasteiger partial charge in [0.05, 0.1) is 10.2 Å². The highest BCUT2D eigenvalue weighted by atomic mass is 79.9. The Morgan fingerprint density at radius 3 is 2.88 bits per heavy atom. The molecule has 0 spiro atoms. The van der Waals surface area contributed by atoms with Crippen LogP contribution in [0, 0.1) is 5.41 Å². The molecule has 1 aromatic rings. The highest BCUT2D eigenvalue weighted by Crippen LogP contribution is 2.26. The van der Waals surface area contributed by atoms with Gasteiger partial charge in [0, 0.05) is 24.8 Å². The van der Waals surface area contributed by atoms with Crippen LogP contribution in [0.3, 0.4) is 0 Å². The van der Waals surface area contributed by atoms with Crippen LogP contribution in [0.1, 0.15) is 26.7 Å². The smallest absolute Gasteiger partial charge is 0.0590 e. The van der Waals surface area contributed by atoms with Gasteiger partial charge in [-0.1, -0.05) is 13.8 Å². The number of alkyl halides is 1. The van der Waals surface area contributed by atoms with E-state index in [2.05, 4.69) is 40.1 Å². The van der Waals surface area contributed by atoms with Gasteiger partial charge in [-0.15, -0.1) is 11.6 Å². The third kappa shape index (κ3) is 4.71. The number of nitrogens with one attached hydrogen (secondary N) is 1. The van der Waals surface area contributed by atoms with Crippen molar-refractivity contribution in [3.05, 3.63) is 22.9 Å². The average Bonchev–Trinajstić information content (AvgIpc) is 2.26. The first-order valence-corrected chi connectivity index (χ1v) is 6.77. The zero-order chi connectivity index (χ0) is 12.0. The minimum atomic E-state index is 0.262. The number of anilines is 1. The second-order valence-corrected chi connectivity index (χ2v) is 5.90. The molecule has 0 atom stereocenters. The van der Waals surface area contributed by atoms with E-state index in [1.54, 1.807) is 12.4 Å². The van der Waals surface area contributed by atoms with Crippen molar-refractivity contribution in [2.45, 2.75) is 26.7 Å². The molecule has 0 aliphatic carbocycles. The second-order valence-electron chi connectivity index (χ2n) is 4.67. The van der Waals surface area contributed by atoms with E-state index in [4.69, 9.17) is 11.6 Å². The molecule has 4 heteroatoms. The van der Waals surface area contributed by atoms with Gasteiger partial charge in [-0.2, -0.15) is 0 Å². The van der Waals surface area contributed by atoms with Crippen LogP contribution in [0.4, 0.5) is 5.69 Å². The Hall–Kier alpha value is -0.280. The summed E-state index contributed by atoms with van der Waals surface area (Å²) in [5, 5.41) is 3.43. The van der Waals surface area contributed by atoms with Crippen molar-refractivity contribution < 1.29 is 0 Å². The molecular weight excluding hydrogens is 288 g/mol. The van der Waals surface area contributed by atoms with Crippen LogP contribution in [-0.2, 0) is 0 Å². The van der Waals surface area contributed by atoms with Gasteiger partial charge in [-0.05, 0) is 40.3 Å². The van der Waals surface area contributed by atoms with Crippen LogP contribution in [0.25, 0.3) is 0 Å². The highest BCUT2D eigenvalue weighted by Gasteiger charge is 2.17. The molecule has 90 valence electrons. The van der Waals surface area contributed by atoms with Crippen molar-refractivity contribution in [2.75, 3.05) is 17.7 Å². The second kappa shape index (κ2) is 6.45. The number of aromatic nitrogens is 1. The summed E-state index contributed by atoms with van der Waals surface area (Å²) in [6.07, 6.45) is 5.78. The molecule has 0 amide bonds. The predicted molar refractivity (Wildman–Crippen MR) is 74.2 cm³/mol. The number of nitrogens with zero attached hydrogens (tertiary/aromatic N) is 1. The third-order valence-electron chi connectivity index (χ3n) is 2.52. The van der Waals surface area contributed by atoms with E-state index in [9.17, 15) is 0 Å². The Morgan fingerprint density at radius 2 is 2.25 bits per heavy atom. The molecule has 0 saturated heterocycles. The fourth-order valence-electron chi connectivity index (χ4n) is 1.49. The standard InChI is InChI=1S/C12H18BrClN2/c1-12(2,5-3-6-14)9-16-11-4-7-15-8-10(11)13/h4,7-8H,3,5-6,9H2,1-2H3,(H,15,16). The molecule has 0 unspecified atom stereocenters. The van der Waals surface area contributed by atoms with Crippen molar-refractivity contribution in [2.24, 2.45) is 5.41 Å². The lowest BCUT2D eigenvalue weighted by molar-refractivity contribution is 0.355. The van der Waals surface area contributed by atoms with E-state index >= 15 is 0 Å². The number of hydrogen-bond acceptors (Lipinski definition) is 2. The van der Waals surface area contributed by atoms with Crippen LogP contribution >= 0.6 is 27.5 Å². The highest BCUT2D eigenvalue weighted by molar-refractivity contribution is 9.10. The van der Waals surface area contributed by atoms with E-state index in [1.807, 2.05) is 6.07 Å². The molecule has 0 saturated carbocycles. The van der Waals surface area contributed by atoms with Gasteiger partial charge in [0.15, 0.2) is 0 Å². The van der Waals surface area contributed by atoms with Crippen molar-refractivity contribution >= 4 is 33.2 Å². The zero-order valence-corrected chi connectivity index (χ0v) is 12.1. The predicted octanol–water partition coefficient (Wildman–Crippen LogP) is 4.30. The molecule has 0 aliphatic heterocycles. The molecule has 0 radical (unpaired) electrons. The van der Waals surface area contributed by atoms with Crippen LogP contribution in [0.5, 0.6) is 0 Å². The summed E-state index contributed by atoms with van der Waals surface area (Å²) in [7, 11) is 0. The molecule has 0 bridgehead atoms. The Balaban J connectivity index is 2.47. The maximum atomic E-state index is 5.71. The summed E-state index contributed by atoms with van der Waals surface area (Å²) in [5.41, 5.74) is 1.35. The van der Waals surface area contributed by atoms with Gasteiger partial charge in [0.25, 0.3) is 0 Å². The maximum Gasteiger partial charge on any atom is 0.0590 e. The summed E-state index contributed by atoms with van der Waals surface area (Å²) in [6, 6.07) is 1.97. The lowest BCUT2D eigenvalue weighted by Crippen LogP contribution is -2.23. The monoisotopic (exact) mass is 304 g/mol. The first-order chi connectivity index (χ1) is 7.55. The number of hydrogen-bond donors (Lipinski definition) is 1. The summed E-state index contributed by atoms with van der Waals surface area (Å²) >= 11 is 9.18. The maximum absolute atomic E-state index is 5.71. The fourth-order valence-corrected chi connectivity index (χ4v) is 2.01. The van der Waals surface area contributed by atoms with Gasteiger partial charge >= 0.3 is 0 Å². The Labute approximate surface area is 111 Å². The normalized spacial score (nSPS) is 11.5. The van der Waals surface area contributed by atoms with Crippen molar-refractivity contribution in [3.63, 3.8) is 0 Å². The first-order valence-electron chi connectivity index (χ1n) is 5.44. The molecular formula is C12H18BrClN2. The Morgan fingerprint density at radius 1 is 1.50 bits per heavy atom. The summed E-state index contributed by atoms with van der Waals surface area (Å²) in [5.74, 6) is 0.738. The van der Waals surface area contributed by atoms with Crippen LogP contribution in [-0.4, -0.2) is 17.4 Å². The molecule has 0 aromatic carbocycles. The molecule has 1 aromatic heterocycles. The Kier molecular flexibility index (Phi) is 5.56. The third-order valence-corrected chi connectivity index (χ3v) is 3.42. The summed E-state index contributed by atoms with van der Waals surface area (Å²) in [4.78, 5) is 4.03. The minimum absolute atomic E-state index is 0.262. The summed E-state index contributed by atoms with van der Waals surface area (Å²) < 4.78 is 1.00. The number of halogens is 2. The van der Waals surface area contributed by atoms with Crippen LogP contribution in [0.15, 0.2) is 22.9 Å². The van der Waals surface area contributed by atoms with Crippen molar-refractivity contribution in [1.29, 1.82) is 0 Å². The van der Waals surface area contributed by atoms with E-state index in [0.717, 1.165) is 35.4 Å². The summed E-state index contributed by atoms with van der Waals surface area (Å²) in [6.45, 7) is 5.44. The van der Waals surface area contributed by atoms with Crippen molar-refractivity contribution in [1.82, 2.24) is 4.98 Å². The zero-order valence-electron chi connectivity index (χ0n) is 9.76. The first kappa shape index (κ1) is 13.8. The van der Waals surface area contributed by atoms with E-state index in [0.29, 0.717) is 0 Å². The topological polar surface area (TPSA) is 24.9 Å². The van der Waals surface area contributed by atoms with Gasteiger partial charge in [0.2, 0.25) is 0 Å². The number of rotatable bonds is 6. The van der Waals surface area contributed by atoms with Crippen molar-refractivity contribution in [3.8, 4) is 0 Å². The lowest BCUT2D eigenvalue weighted by Gasteiger charge is -2.25. The molecule has 0 aliphatic rings.